The van der Waals surface area contributed by atoms with Gasteiger partial charge in [0.15, 0.2) is 0 Å². The average molecular weight is 602 g/mol. The van der Waals surface area contributed by atoms with Crippen LogP contribution in [-0.2, 0) is 5.41 Å². The van der Waals surface area contributed by atoms with Gasteiger partial charge in [0, 0.05) is 38.5 Å². The van der Waals surface area contributed by atoms with E-state index in [0.29, 0.717) is 0 Å². The van der Waals surface area contributed by atoms with Gasteiger partial charge in [0.2, 0.25) is 0 Å². The molecule has 222 valence electrons. The number of hydrogen-bond donors (Lipinski definition) is 0. The van der Waals surface area contributed by atoms with Crippen molar-refractivity contribution in [2.24, 2.45) is 0 Å². The van der Waals surface area contributed by atoms with E-state index in [0.717, 1.165) is 33.6 Å². The SMILES string of the molecule is CC1(C)c2ccc(N(c3ccc4ccccc4c3)c3cc4ccccc4c4ccccc34)cc2-c2c1ccc1c2oc2ccccc21. The van der Waals surface area contributed by atoms with Gasteiger partial charge in [0.25, 0.3) is 0 Å². The zero-order valence-electron chi connectivity index (χ0n) is 26.3. The minimum absolute atomic E-state index is 0.153. The molecule has 0 unspecified atom stereocenters. The summed E-state index contributed by atoms with van der Waals surface area (Å²) in [6, 6.07) is 55.3. The molecule has 1 heterocycles. The summed E-state index contributed by atoms with van der Waals surface area (Å²) in [6.07, 6.45) is 0. The van der Waals surface area contributed by atoms with Gasteiger partial charge in [0.1, 0.15) is 11.2 Å². The van der Waals surface area contributed by atoms with Crippen molar-refractivity contribution in [3.63, 3.8) is 0 Å². The van der Waals surface area contributed by atoms with Crippen molar-refractivity contribution in [2.75, 3.05) is 4.90 Å². The Morgan fingerprint density at radius 3 is 1.96 bits per heavy atom. The van der Waals surface area contributed by atoms with Crippen molar-refractivity contribution in [3.05, 3.63) is 163 Å². The molecule has 9 aromatic rings. The number of hydrogen-bond acceptors (Lipinski definition) is 2. The lowest BCUT2D eigenvalue weighted by molar-refractivity contribution is 0.653. The second kappa shape index (κ2) is 9.57. The molecule has 0 radical (unpaired) electrons. The Balaban J connectivity index is 1.28. The van der Waals surface area contributed by atoms with Crippen LogP contribution in [0.4, 0.5) is 17.1 Å². The van der Waals surface area contributed by atoms with Crippen LogP contribution in [0.25, 0.3) is 65.4 Å². The minimum Gasteiger partial charge on any atom is -0.455 e. The fraction of sp³-hybridized carbons (Fsp3) is 0.0667. The number of fused-ring (bicyclic) bond motifs is 11. The molecule has 1 aliphatic carbocycles. The maximum Gasteiger partial charge on any atom is 0.143 e. The molecular formula is C45H31NO. The number of rotatable bonds is 3. The standard InChI is InChI=1S/C45H31NO/c1-45(2)39-23-21-32(27-38(39)43-40(45)24-22-37-36-17-9-10-18-42(36)47-44(37)43)46(31-20-19-28-11-3-4-12-29(28)25-31)41-26-30-13-5-6-14-33(30)34-15-7-8-16-35(34)41/h3-27H,1-2H3. The highest BCUT2D eigenvalue weighted by molar-refractivity contribution is 6.15. The van der Waals surface area contributed by atoms with E-state index in [1.165, 1.54) is 60.0 Å². The van der Waals surface area contributed by atoms with Crippen molar-refractivity contribution in [2.45, 2.75) is 19.3 Å². The highest BCUT2D eigenvalue weighted by atomic mass is 16.3. The second-order valence-corrected chi connectivity index (χ2v) is 13.3. The third kappa shape index (κ3) is 3.73. The Bertz CT molecular complexity index is 2730. The maximum absolute atomic E-state index is 6.66. The van der Waals surface area contributed by atoms with Crippen LogP contribution in [0.1, 0.15) is 25.0 Å². The molecule has 1 aromatic heterocycles. The number of para-hydroxylation sites is 1. The molecular weight excluding hydrogens is 571 g/mol. The predicted molar refractivity (Wildman–Crippen MR) is 198 cm³/mol. The van der Waals surface area contributed by atoms with Crippen LogP contribution in [0.2, 0.25) is 0 Å². The monoisotopic (exact) mass is 601 g/mol. The normalized spacial score (nSPS) is 13.5. The maximum atomic E-state index is 6.66. The highest BCUT2D eigenvalue weighted by Crippen LogP contribution is 2.54. The number of benzene rings is 8. The van der Waals surface area contributed by atoms with Crippen LogP contribution < -0.4 is 4.90 Å². The first-order valence-electron chi connectivity index (χ1n) is 16.4. The molecule has 8 aromatic carbocycles. The summed E-state index contributed by atoms with van der Waals surface area (Å²) in [5, 5.41) is 9.75. The fourth-order valence-corrected chi connectivity index (χ4v) is 8.11. The summed E-state index contributed by atoms with van der Waals surface area (Å²) in [5.74, 6) is 0. The fourth-order valence-electron chi connectivity index (χ4n) is 8.11. The molecule has 47 heavy (non-hydrogen) atoms. The Hall–Kier alpha value is -5.86. The molecule has 2 nitrogen and oxygen atoms in total. The number of furan rings is 1. The van der Waals surface area contributed by atoms with Crippen LogP contribution in [0.15, 0.2) is 156 Å². The van der Waals surface area contributed by atoms with Crippen LogP contribution in [-0.4, -0.2) is 0 Å². The van der Waals surface area contributed by atoms with Gasteiger partial charge in [-0.25, -0.2) is 0 Å². The van der Waals surface area contributed by atoms with Crippen molar-refractivity contribution in [3.8, 4) is 11.1 Å². The Morgan fingerprint density at radius 2 is 1.11 bits per heavy atom. The van der Waals surface area contributed by atoms with Crippen molar-refractivity contribution < 1.29 is 4.42 Å². The van der Waals surface area contributed by atoms with Gasteiger partial charge in [-0.05, 0) is 80.0 Å². The zero-order valence-corrected chi connectivity index (χ0v) is 26.3. The molecule has 1 aliphatic rings. The van der Waals surface area contributed by atoms with E-state index in [1.54, 1.807) is 0 Å². The molecule has 2 heteroatoms. The average Bonchev–Trinajstić information content (AvgIpc) is 3.60. The summed E-state index contributed by atoms with van der Waals surface area (Å²) in [7, 11) is 0. The van der Waals surface area contributed by atoms with Gasteiger partial charge in [0.05, 0.1) is 5.69 Å². The van der Waals surface area contributed by atoms with Crippen molar-refractivity contribution in [1.29, 1.82) is 0 Å². The smallest absolute Gasteiger partial charge is 0.143 e. The van der Waals surface area contributed by atoms with Gasteiger partial charge >= 0.3 is 0 Å². The quantitative estimate of drug-likeness (QED) is 0.187. The third-order valence-electron chi connectivity index (χ3n) is 10.4. The molecule has 0 saturated heterocycles. The molecule has 0 amide bonds. The van der Waals surface area contributed by atoms with Crippen LogP contribution in [0, 0.1) is 0 Å². The van der Waals surface area contributed by atoms with Gasteiger partial charge in [-0.1, -0.05) is 129 Å². The van der Waals surface area contributed by atoms with E-state index < -0.39 is 0 Å². The first-order valence-corrected chi connectivity index (χ1v) is 16.4. The van der Waals surface area contributed by atoms with E-state index in [4.69, 9.17) is 4.42 Å². The minimum atomic E-state index is -0.153. The highest BCUT2D eigenvalue weighted by Gasteiger charge is 2.38. The van der Waals surface area contributed by atoms with Crippen molar-refractivity contribution >= 4 is 71.3 Å². The number of anilines is 3. The molecule has 0 aliphatic heterocycles. The van der Waals surface area contributed by atoms with Gasteiger partial charge in [-0.2, -0.15) is 0 Å². The number of nitrogens with zero attached hydrogens (tertiary/aromatic N) is 1. The zero-order chi connectivity index (χ0) is 31.3. The summed E-state index contributed by atoms with van der Waals surface area (Å²) in [5.41, 5.74) is 10.2. The first-order chi connectivity index (χ1) is 23.1. The summed E-state index contributed by atoms with van der Waals surface area (Å²) in [4.78, 5) is 2.45. The van der Waals surface area contributed by atoms with Crippen LogP contribution in [0.3, 0.4) is 0 Å². The molecule has 0 saturated carbocycles. The largest absolute Gasteiger partial charge is 0.455 e. The summed E-state index contributed by atoms with van der Waals surface area (Å²) >= 11 is 0. The van der Waals surface area contributed by atoms with E-state index >= 15 is 0 Å². The second-order valence-electron chi connectivity index (χ2n) is 13.3. The lowest BCUT2D eigenvalue weighted by atomic mass is 9.82. The first kappa shape index (κ1) is 26.4. The topological polar surface area (TPSA) is 16.4 Å². The summed E-state index contributed by atoms with van der Waals surface area (Å²) < 4.78 is 6.66. The van der Waals surface area contributed by atoms with Gasteiger partial charge in [-0.15, -0.1) is 0 Å². The molecule has 0 spiro atoms. The Labute approximate surface area is 273 Å². The van der Waals surface area contributed by atoms with Gasteiger partial charge in [-0.3, -0.25) is 0 Å². The van der Waals surface area contributed by atoms with E-state index in [9.17, 15) is 0 Å². The Morgan fingerprint density at radius 1 is 0.468 bits per heavy atom. The molecule has 0 atom stereocenters. The lowest BCUT2D eigenvalue weighted by Crippen LogP contribution is -2.15. The Kier molecular flexibility index (Phi) is 5.37. The summed E-state index contributed by atoms with van der Waals surface area (Å²) in [6.45, 7) is 4.67. The lowest BCUT2D eigenvalue weighted by Gasteiger charge is -2.29. The third-order valence-corrected chi connectivity index (χ3v) is 10.4. The predicted octanol–water partition coefficient (Wildman–Crippen LogP) is 12.8. The van der Waals surface area contributed by atoms with E-state index in [-0.39, 0.29) is 5.41 Å². The van der Waals surface area contributed by atoms with Crippen LogP contribution >= 0.6 is 0 Å². The van der Waals surface area contributed by atoms with E-state index in [2.05, 4.69) is 170 Å². The molecule has 0 N–H and O–H groups in total. The molecule has 0 fully saturated rings. The van der Waals surface area contributed by atoms with Gasteiger partial charge < -0.3 is 9.32 Å². The molecule has 10 rings (SSSR count). The molecule has 0 bridgehead atoms. The van der Waals surface area contributed by atoms with Crippen LogP contribution in [0.5, 0.6) is 0 Å². The van der Waals surface area contributed by atoms with Crippen molar-refractivity contribution in [1.82, 2.24) is 0 Å². The van der Waals surface area contributed by atoms with E-state index in [1.807, 2.05) is 0 Å².